The van der Waals surface area contributed by atoms with Crippen LogP contribution < -0.4 is 20.9 Å². The van der Waals surface area contributed by atoms with Crippen molar-refractivity contribution in [3.05, 3.63) is 78.2 Å². The van der Waals surface area contributed by atoms with Crippen LogP contribution in [0.25, 0.3) is 16.6 Å². The summed E-state index contributed by atoms with van der Waals surface area (Å²) in [5, 5.41) is 13.9. The van der Waals surface area contributed by atoms with E-state index in [1.807, 2.05) is 43.4 Å². The minimum absolute atomic E-state index is 0.0550. The first-order valence-electron chi connectivity index (χ1n) is 12.0. The van der Waals surface area contributed by atoms with E-state index in [2.05, 4.69) is 26.0 Å². The van der Waals surface area contributed by atoms with Gasteiger partial charge >= 0.3 is 0 Å². The fourth-order valence-corrected chi connectivity index (χ4v) is 4.40. The summed E-state index contributed by atoms with van der Waals surface area (Å²) < 4.78 is 1.74. The fourth-order valence-electron chi connectivity index (χ4n) is 4.40. The molecule has 1 aliphatic heterocycles. The summed E-state index contributed by atoms with van der Waals surface area (Å²) in [5.41, 5.74) is 4.64. The van der Waals surface area contributed by atoms with E-state index < -0.39 is 0 Å². The minimum Gasteiger partial charge on any atom is -0.387 e. The van der Waals surface area contributed by atoms with Crippen LogP contribution in [-0.2, 0) is 0 Å². The zero-order valence-corrected chi connectivity index (χ0v) is 20.4. The molecule has 4 heterocycles. The van der Waals surface area contributed by atoms with Crippen molar-refractivity contribution < 1.29 is 9.59 Å². The molecule has 1 fully saturated rings. The van der Waals surface area contributed by atoms with Gasteiger partial charge < -0.3 is 16.0 Å². The number of hydrogen-bond acceptors (Lipinski definition) is 6. The second-order valence-corrected chi connectivity index (χ2v) is 8.90. The number of nitrogens with one attached hydrogen (secondary N) is 3. The molecule has 0 radical (unpaired) electrons. The molecule has 184 valence electrons. The Bertz CT molecular complexity index is 1370. The van der Waals surface area contributed by atoms with Crippen LogP contribution in [0.15, 0.2) is 67.1 Å². The number of anilines is 2. The smallest absolute Gasteiger partial charge is 0.259 e. The van der Waals surface area contributed by atoms with Crippen LogP contribution in [0, 0.1) is 0 Å². The summed E-state index contributed by atoms with van der Waals surface area (Å²) >= 11 is 0. The second-order valence-electron chi connectivity index (χ2n) is 8.90. The Kier molecular flexibility index (Phi) is 6.64. The molecule has 0 atom stereocenters. The van der Waals surface area contributed by atoms with Crippen LogP contribution in [0.1, 0.15) is 33.6 Å². The van der Waals surface area contributed by atoms with Gasteiger partial charge in [0.15, 0.2) is 0 Å². The third-order valence-electron chi connectivity index (χ3n) is 6.59. The maximum Gasteiger partial charge on any atom is 0.259 e. The molecule has 3 aromatic heterocycles. The number of aromatic nitrogens is 3. The van der Waals surface area contributed by atoms with Gasteiger partial charge in [-0.3, -0.25) is 14.5 Å². The molecule has 0 saturated carbocycles. The van der Waals surface area contributed by atoms with Crippen LogP contribution >= 0.6 is 0 Å². The van der Waals surface area contributed by atoms with E-state index in [9.17, 15) is 9.59 Å². The van der Waals surface area contributed by atoms with Crippen LogP contribution in [0.4, 0.5) is 11.5 Å². The lowest BCUT2D eigenvalue weighted by Crippen LogP contribution is -2.42. The van der Waals surface area contributed by atoms with Crippen LogP contribution in [0.5, 0.6) is 0 Å². The highest BCUT2D eigenvalue weighted by Crippen LogP contribution is 2.26. The van der Waals surface area contributed by atoms with Crippen LogP contribution in [0.2, 0.25) is 0 Å². The molecule has 0 bridgehead atoms. The van der Waals surface area contributed by atoms with Crippen molar-refractivity contribution in [3.63, 3.8) is 0 Å². The first-order valence-corrected chi connectivity index (χ1v) is 12.0. The third kappa shape index (κ3) is 4.78. The Morgan fingerprint density at radius 1 is 1.03 bits per heavy atom. The van der Waals surface area contributed by atoms with Gasteiger partial charge in [0.2, 0.25) is 0 Å². The average Bonchev–Trinajstić information content (AvgIpc) is 3.36. The lowest BCUT2D eigenvalue weighted by molar-refractivity contribution is 0.0928. The molecule has 9 heteroatoms. The highest BCUT2D eigenvalue weighted by Gasteiger charge is 2.18. The number of rotatable bonds is 6. The van der Waals surface area contributed by atoms with Crippen molar-refractivity contribution in [1.29, 1.82) is 0 Å². The Hall–Kier alpha value is -4.24. The second kappa shape index (κ2) is 10.2. The molecule has 1 aromatic carbocycles. The Labute approximate surface area is 209 Å². The molecular formula is C27H29N7O2. The van der Waals surface area contributed by atoms with Gasteiger partial charge in [-0.15, -0.1) is 0 Å². The largest absolute Gasteiger partial charge is 0.387 e. The number of amides is 2. The Morgan fingerprint density at radius 3 is 2.50 bits per heavy atom. The van der Waals surface area contributed by atoms with Crippen LogP contribution in [0.3, 0.4) is 0 Å². The molecule has 1 saturated heterocycles. The van der Waals surface area contributed by atoms with Crippen molar-refractivity contribution in [2.45, 2.75) is 18.9 Å². The summed E-state index contributed by atoms with van der Waals surface area (Å²) in [6.45, 7) is 1.86. The maximum absolute atomic E-state index is 13.2. The van der Waals surface area contributed by atoms with E-state index in [1.165, 1.54) is 4.90 Å². The number of carbonyl (C=O) groups is 2. The number of piperidine rings is 1. The SMILES string of the molecule is CNc1ccc(N(C)C(=O)c2ccn3ncc(-c4ccc(C(=O)NC5CCNCC5)cc4)c3c2)nc1. The number of fused-ring (bicyclic) bond motifs is 1. The summed E-state index contributed by atoms with van der Waals surface area (Å²) in [6.07, 6.45) is 7.13. The van der Waals surface area contributed by atoms with E-state index in [0.29, 0.717) is 16.9 Å². The van der Waals surface area contributed by atoms with Gasteiger partial charge in [0.05, 0.1) is 23.6 Å². The maximum atomic E-state index is 13.2. The molecule has 1 aliphatic rings. The lowest BCUT2D eigenvalue weighted by atomic mass is 10.0. The van der Waals surface area contributed by atoms with Gasteiger partial charge in [0, 0.05) is 43.0 Å². The average molecular weight is 484 g/mol. The predicted molar refractivity (Wildman–Crippen MR) is 141 cm³/mol. The van der Waals surface area contributed by atoms with Crippen molar-refractivity contribution in [1.82, 2.24) is 25.2 Å². The van der Waals surface area contributed by atoms with E-state index in [-0.39, 0.29) is 17.9 Å². The highest BCUT2D eigenvalue weighted by atomic mass is 16.2. The minimum atomic E-state index is -0.167. The van der Waals surface area contributed by atoms with E-state index >= 15 is 0 Å². The van der Waals surface area contributed by atoms with Gasteiger partial charge in [0.25, 0.3) is 11.8 Å². The van der Waals surface area contributed by atoms with Gasteiger partial charge in [-0.05, 0) is 67.9 Å². The van der Waals surface area contributed by atoms with Gasteiger partial charge in [-0.1, -0.05) is 12.1 Å². The number of hydrogen-bond donors (Lipinski definition) is 3. The topological polar surface area (TPSA) is 104 Å². The Balaban J connectivity index is 1.36. The van der Waals surface area contributed by atoms with E-state index in [0.717, 1.165) is 48.3 Å². The van der Waals surface area contributed by atoms with E-state index in [1.54, 1.807) is 42.3 Å². The summed E-state index contributed by atoms with van der Waals surface area (Å²) in [5.74, 6) is 0.339. The number of carbonyl (C=O) groups excluding carboxylic acids is 2. The number of benzene rings is 1. The van der Waals surface area contributed by atoms with Gasteiger partial charge in [-0.25, -0.2) is 9.50 Å². The molecule has 3 N–H and O–H groups in total. The normalized spacial score (nSPS) is 13.9. The number of nitrogens with zero attached hydrogens (tertiary/aromatic N) is 4. The van der Waals surface area contributed by atoms with Crippen LogP contribution in [-0.4, -0.2) is 59.6 Å². The molecule has 0 unspecified atom stereocenters. The molecule has 4 aromatic rings. The van der Waals surface area contributed by atoms with Crippen molar-refractivity contribution in [2.75, 3.05) is 37.4 Å². The molecule has 5 rings (SSSR count). The number of pyridine rings is 2. The summed E-state index contributed by atoms with van der Waals surface area (Å²) in [6, 6.07) is 15.0. The molecule has 0 spiro atoms. The molecule has 9 nitrogen and oxygen atoms in total. The van der Waals surface area contributed by atoms with Crippen molar-refractivity contribution in [2.24, 2.45) is 0 Å². The molecule has 0 aliphatic carbocycles. The van der Waals surface area contributed by atoms with Gasteiger partial charge in [0.1, 0.15) is 5.82 Å². The van der Waals surface area contributed by atoms with Crippen molar-refractivity contribution >= 4 is 28.8 Å². The molecular weight excluding hydrogens is 454 g/mol. The summed E-state index contributed by atoms with van der Waals surface area (Å²) in [4.78, 5) is 31.7. The quantitative estimate of drug-likeness (QED) is 0.389. The fraction of sp³-hybridized carbons (Fsp3) is 0.259. The first kappa shape index (κ1) is 23.5. The van der Waals surface area contributed by atoms with Gasteiger partial charge in [-0.2, -0.15) is 5.10 Å². The lowest BCUT2D eigenvalue weighted by Gasteiger charge is -2.23. The monoisotopic (exact) mass is 483 g/mol. The molecule has 36 heavy (non-hydrogen) atoms. The summed E-state index contributed by atoms with van der Waals surface area (Å²) in [7, 11) is 3.53. The molecule has 2 amide bonds. The highest BCUT2D eigenvalue weighted by molar-refractivity contribution is 6.06. The third-order valence-corrected chi connectivity index (χ3v) is 6.59. The standard InChI is InChI=1S/C27H29N7O2/c1-28-22-7-8-25(30-16-22)33(2)27(36)20-11-14-34-24(15-20)23(17-31-34)18-3-5-19(6-4-18)26(35)32-21-9-12-29-13-10-21/h3-8,11,14-17,21,28-29H,9-10,12-13H2,1-2H3,(H,32,35). The zero-order valence-electron chi connectivity index (χ0n) is 20.4. The van der Waals surface area contributed by atoms with E-state index in [4.69, 9.17) is 0 Å². The zero-order chi connectivity index (χ0) is 25.1. The first-order chi connectivity index (χ1) is 17.5. The predicted octanol–water partition coefficient (Wildman–Crippen LogP) is 3.20. The van der Waals surface area contributed by atoms with Crippen molar-refractivity contribution in [3.8, 4) is 11.1 Å². The Morgan fingerprint density at radius 2 is 1.81 bits per heavy atom.